The maximum atomic E-state index is 14.3. The average molecular weight is 296 g/mol. The first-order chi connectivity index (χ1) is 8.69. The molecule has 1 heterocycles. The van der Waals surface area contributed by atoms with E-state index in [0.717, 1.165) is 11.1 Å². The summed E-state index contributed by atoms with van der Waals surface area (Å²) in [6.07, 6.45) is 1.91. The zero-order valence-electron chi connectivity index (χ0n) is 11.4. The number of hydrogen-bond acceptors (Lipinski definition) is 1. The van der Waals surface area contributed by atoms with Crippen LogP contribution in [0.1, 0.15) is 26.5 Å². The lowest BCUT2D eigenvalue weighted by Crippen LogP contribution is -2.22. The van der Waals surface area contributed by atoms with E-state index in [1.165, 1.54) is 0 Å². The molecular weight excluding hydrogens is 277 g/mol. The third kappa shape index (κ3) is 3.22. The summed E-state index contributed by atoms with van der Waals surface area (Å²) in [7, 11) is 4.38. The van der Waals surface area contributed by atoms with E-state index in [1.807, 2.05) is 62.0 Å². The summed E-state index contributed by atoms with van der Waals surface area (Å²) in [6, 6.07) is 9.77. The Morgan fingerprint density at radius 2 is 1.68 bits per heavy atom. The monoisotopic (exact) mass is 296 g/mol. The third-order valence-corrected chi connectivity index (χ3v) is 3.40. The van der Waals surface area contributed by atoms with Crippen LogP contribution < -0.4 is 0 Å². The van der Waals surface area contributed by atoms with Crippen LogP contribution in [0.2, 0.25) is 0 Å². The van der Waals surface area contributed by atoms with Crippen molar-refractivity contribution < 1.29 is 4.39 Å². The van der Waals surface area contributed by atoms with Crippen molar-refractivity contribution in [1.29, 1.82) is 0 Å². The summed E-state index contributed by atoms with van der Waals surface area (Å²) in [5.74, 6) is 0. The lowest BCUT2D eigenvalue weighted by molar-refractivity contribution is 0.341. The topological polar surface area (TPSA) is 17.8 Å². The summed E-state index contributed by atoms with van der Waals surface area (Å²) in [4.78, 5) is 0. The number of aromatic nitrogens is 2. The van der Waals surface area contributed by atoms with Crippen LogP contribution in [0.4, 0.5) is 4.39 Å². The maximum Gasteiger partial charge on any atom is 0.179 e. The first kappa shape index (κ1) is 14.6. The SMILES string of the molecule is CC(C)(C)n1cc(-c2ccccc2)c(C(F)(P)P)n1. The minimum Gasteiger partial charge on any atom is -0.266 e. The standard InChI is InChI=1S/C14H19FN2P2/c1-13(2,3)17-9-11(10-7-5-4-6-8-10)12(16-17)14(15,18)19/h4-9H,18-19H2,1-3H3. The summed E-state index contributed by atoms with van der Waals surface area (Å²) >= 11 is 0. The van der Waals surface area contributed by atoms with Crippen molar-refractivity contribution in [2.75, 3.05) is 0 Å². The van der Waals surface area contributed by atoms with Crippen LogP contribution in [0, 0.1) is 0 Å². The number of rotatable bonds is 2. The van der Waals surface area contributed by atoms with Gasteiger partial charge in [-0.1, -0.05) is 48.8 Å². The fraction of sp³-hybridized carbons (Fsp3) is 0.357. The van der Waals surface area contributed by atoms with Crippen LogP contribution in [-0.2, 0) is 10.7 Å². The predicted octanol–water partition coefficient (Wildman–Crippen LogP) is 4.14. The molecule has 2 nitrogen and oxygen atoms in total. The Morgan fingerprint density at radius 1 is 1.11 bits per heavy atom. The molecule has 5 heteroatoms. The molecule has 0 aliphatic rings. The van der Waals surface area contributed by atoms with Gasteiger partial charge in [-0.2, -0.15) is 5.10 Å². The summed E-state index contributed by atoms with van der Waals surface area (Å²) in [6.45, 7) is 6.14. The molecule has 0 fully saturated rings. The minimum atomic E-state index is -1.62. The second kappa shape index (κ2) is 4.96. The van der Waals surface area contributed by atoms with Gasteiger partial charge in [-0.25, -0.2) is 4.39 Å². The summed E-state index contributed by atoms with van der Waals surface area (Å²) in [5, 5.41) is 2.81. The van der Waals surface area contributed by atoms with Crippen LogP contribution in [0.25, 0.3) is 11.1 Å². The summed E-state index contributed by atoms with van der Waals surface area (Å²) in [5.41, 5.74) is 2.04. The van der Waals surface area contributed by atoms with Crippen LogP contribution >= 0.6 is 18.5 Å². The minimum absolute atomic E-state index is 0.178. The van der Waals surface area contributed by atoms with E-state index in [4.69, 9.17) is 0 Å². The van der Waals surface area contributed by atoms with Gasteiger partial charge in [-0.05, 0) is 26.3 Å². The van der Waals surface area contributed by atoms with Gasteiger partial charge in [0.05, 0.1) is 5.54 Å². The third-order valence-electron chi connectivity index (χ3n) is 2.85. The first-order valence-corrected chi connectivity index (χ1v) is 7.28. The fourth-order valence-electron chi connectivity index (χ4n) is 1.83. The number of benzene rings is 1. The Bertz CT molecular complexity index is 565. The van der Waals surface area contributed by atoms with Crippen LogP contribution in [0.15, 0.2) is 36.5 Å². The smallest absolute Gasteiger partial charge is 0.179 e. The zero-order chi connectivity index (χ0) is 14.3. The van der Waals surface area contributed by atoms with Crippen molar-refractivity contribution in [2.45, 2.75) is 31.5 Å². The quantitative estimate of drug-likeness (QED) is 0.762. The highest BCUT2D eigenvalue weighted by Gasteiger charge is 2.29. The molecule has 2 rings (SSSR count). The Balaban J connectivity index is 2.63. The number of nitrogens with zero attached hydrogens (tertiary/aromatic N) is 2. The average Bonchev–Trinajstić information content (AvgIpc) is 2.74. The molecule has 2 aromatic rings. The second-order valence-corrected chi connectivity index (χ2v) is 7.99. The van der Waals surface area contributed by atoms with Gasteiger partial charge in [0, 0.05) is 11.8 Å². The van der Waals surface area contributed by atoms with Gasteiger partial charge in [-0.15, -0.1) is 0 Å². The van der Waals surface area contributed by atoms with E-state index in [0.29, 0.717) is 5.69 Å². The molecule has 0 amide bonds. The lowest BCUT2D eigenvalue weighted by Gasteiger charge is -2.19. The molecule has 102 valence electrons. The molecule has 0 N–H and O–H groups in total. The highest BCUT2D eigenvalue weighted by molar-refractivity contribution is 7.38. The van der Waals surface area contributed by atoms with Gasteiger partial charge < -0.3 is 0 Å². The van der Waals surface area contributed by atoms with E-state index >= 15 is 0 Å². The molecule has 2 atom stereocenters. The van der Waals surface area contributed by atoms with E-state index in [2.05, 4.69) is 23.6 Å². The molecule has 1 aromatic carbocycles. The van der Waals surface area contributed by atoms with Gasteiger partial charge in [-0.3, -0.25) is 4.68 Å². The summed E-state index contributed by atoms with van der Waals surface area (Å²) < 4.78 is 16.1. The molecule has 0 bridgehead atoms. The van der Waals surface area contributed by atoms with Gasteiger partial charge >= 0.3 is 0 Å². The zero-order valence-corrected chi connectivity index (χ0v) is 13.7. The molecule has 0 aliphatic carbocycles. The van der Waals surface area contributed by atoms with Gasteiger partial charge in [0.2, 0.25) is 0 Å². The van der Waals surface area contributed by atoms with E-state index in [-0.39, 0.29) is 5.54 Å². The Hall–Kier alpha value is -0.780. The van der Waals surface area contributed by atoms with Crippen molar-refractivity contribution in [3.05, 3.63) is 42.2 Å². The maximum absolute atomic E-state index is 14.3. The molecule has 0 saturated heterocycles. The van der Waals surface area contributed by atoms with Crippen molar-refractivity contribution in [3.8, 4) is 11.1 Å². The molecule has 0 aliphatic heterocycles. The Morgan fingerprint density at radius 3 is 2.16 bits per heavy atom. The van der Waals surface area contributed by atoms with Crippen molar-refractivity contribution >= 4 is 18.5 Å². The van der Waals surface area contributed by atoms with Crippen LogP contribution in [-0.4, -0.2) is 9.78 Å². The molecule has 1 aromatic heterocycles. The molecule has 0 spiro atoms. The van der Waals surface area contributed by atoms with Crippen molar-refractivity contribution in [3.63, 3.8) is 0 Å². The van der Waals surface area contributed by atoms with Crippen molar-refractivity contribution in [2.24, 2.45) is 0 Å². The highest BCUT2D eigenvalue weighted by Crippen LogP contribution is 2.44. The Labute approximate surface area is 118 Å². The highest BCUT2D eigenvalue weighted by atomic mass is 31.1. The first-order valence-electron chi connectivity index (χ1n) is 6.12. The molecule has 19 heavy (non-hydrogen) atoms. The number of halogens is 1. The molecule has 0 radical (unpaired) electrons. The largest absolute Gasteiger partial charge is 0.266 e. The van der Waals surface area contributed by atoms with E-state index < -0.39 is 5.15 Å². The van der Waals surface area contributed by atoms with E-state index in [1.54, 1.807) is 0 Å². The predicted molar refractivity (Wildman–Crippen MR) is 84.9 cm³/mol. The van der Waals surface area contributed by atoms with Crippen LogP contribution in [0.3, 0.4) is 0 Å². The number of alkyl halides is 1. The number of hydrogen-bond donors (Lipinski definition) is 0. The molecular formula is C14H19FN2P2. The van der Waals surface area contributed by atoms with Crippen LogP contribution in [0.5, 0.6) is 0 Å². The molecule has 2 unspecified atom stereocenters. The van der Waals surface area contributed by atoms with Gasteiger partial charge in [0.25, 0.3) is 0 Å². The lowest BCUT2D eigenvalue weighted by atomic mass is 10.1. The molecule has 0 saturated carbocycles. The Kier molecular flexibility index (Phi) is 3.82. The second-order valence-electron chi connectivity index (χ2n) is 5.64. The van der Waals surface area contributed by atoms with Crippen molar-refractivity contribution in [1.82, 2.24) is 9.78 Å². The fourth-order valence-corrected chi connectivity index (χ4v) is 2.26. The van der Waals surface area contributed by atoms with Gasteiger partial charge in [0.1, 0.15) is 5.69 Å². The van der Waals surface area contributed by atoms with E-state index in [9.17, 15) is 4.39 Å². The van der Waals surface area contributed by atoms with Gasteiger partial charge in [0.15, 0.2) is 5.15 Å². The normalized spacial score (nSPS) is 12.7.